The van der Waals surface area contributed by atoms with E-state index in [2.05, 4.69) is 0 Å². The number of nitrogens with zero attached hydrogens (tertiary/aromatic N) is 1. The van der Waals surface area contributed by atoms with Crippen molar-refractivity contribution in [2.24, 2.45) is 11.1 Å². The third-order valence-electron chi connectivity index (χ3n) is 4.34. The van der Waals surface area contributed by atoms with Crippen LogP contribution in [-0.2, 0) is 4.79 Å². The van der Waals surface area contributed by atoms with Gasteiger partial charge in [0.2, 0.25) is 5.91 Å². The molecule has 2 N–H and O–H groups in total. The third kappa shape index (κ3) is 3.38. The van der Waals surface area contributed by atoms with Crippen LogP contribution in [-0.4, -0.2) is 22.8 Å². The lowest BCUT2D eigenvalue weighted by Crippen LogP contribution is -2.49. The molecule has 0 spiro atoms. The lowest BCUT2D eigenvalue weighted by atomic mass is 9.80. The highest BCUT2D eigenvalue weighted by Crippen LogP contribution is 2.34. The molecule has 0 heterocycles. The summed E-state index contributed by atoms with van der Waals surface area (Å²) < 4.78 is 0. The molecule has 0 radical (unpaired) electrons. The smallest absolute Gasteiger partial charge is 0.235 e. The molecule has 116 valence electrons. The highest BCUT2D eigenvalue weighted by atomic mass is 35.5. The Morgan fingerprint density at radius 3 is 2.33 bits per heavy atom. The Labute approximate surface area is 137 Å². The predicted octanol–water partition coefficient (Wildman–Crippen LogP) is 3.95. The molecule has 0 saturated heterocycles. The van der Waals surface area contributed by atoms with Crippen LogP contribution in [0, 0.1) is 5.41 Å². The summed E-state index contributed by atoms with van der Waals surface area (Å²) in [6.45, 7) is 5.83. The maximum atomic E-state index is 12.9. The number of carbonyl (C=O) groups excluding carboxylic acids is 1. The number of amides is 1. The monoisotopic (exact) mass is 326 g/mol. The maximum Gasteiger partial charge on any atom is 0.235 e. The van der Waals surface area contributed by atoms with Gasteiger partial charge in [-0.05, 0) is 31.4 Å². The SMILES string of the molecule is CCC(CC)(C(=O)N(C)C(C)c1ccccc1Cl)C(N)=S. The Hall–Kier alpha value is -1.13. The van der Waals surface area contributed by atoms with Crippen LogP contribution >= 0.6 is 23.8 Å². The zero-order chi connectivity index (χ0) is 16.2. The molecule has 21 heavy (non-hydrogen) atoms. The average molecular weight is 327 g/mol. The highest BCUT2D eigenvalue weighted by Gasteiger charge is 2.41. The molecule has 1 amide bonds. The molecule has 0 saturated carbocycles. The summed E-state index contributed by atoms with van der Waals surface area (Å²) in [6.07, 6.45) is 1.19. The van der Waals surface area contributed by atoms with Gasteiger partial charge in [-0.3, -0.25) is 4.79 Å². The minimum absolute atomic E-state index is 0.0487. The van der Waals surface area contributed by atoms with Crippen molar-refractivity contribution in [2.45, 2.75) is 39.7 Å². The predicted molar refractivity (Wildman–Crippen MR) is 92.4 cm³/mol. The Kier molecular flexibility index (Phi) is 6.17. The summed E-state index contributed by atoms with van der Waals surface area (Å²) >= 11 is 11.4. The van der Waals surface area contributed by atoms with E-state index in [1.165, 1.54) is 0 Å². The van der Waals surface area contributed by atoms with Gasteiger partial charge in [-0.1, -0.05) is 55.9 Å². The van der Waals surface area contributed by atoms with Crippen molar-refractivity contribution in [3.05, 3.63) is 34.9 Å². The van der Waals surface area contributed by atoms with Crippen LogP contribution in [0.1, 0.15) is 45.2 Å². The minimum Gasteiger partial charge on any atom is -0.392 e. The molecule has 1 aromatic rings. The second-order valence-corrected chi connectivity index (χ2v) is 6.11. The van der Waals surface area contributed by atoms with Crippen molar-refractivity contribution in [1.29, 1.82) is 0 Å². The topological polar surface area (TPSA) is 46.3 Å². The molecule has 0 aliphatic rings. The van der Waals surface area contributed by atoms with Gasteiger partial charge in [0, 0.05) is 12.1 Å². The van der Waals surface area contributed by atoms with E-state index in [1.807, 2.05) is 45.0 Å². The molecule has 1 aromatic carbocycles. The number of hydrogen-bond acceptors (Lipinski definition) is 2. The van der Waals surface area contributed by atoms with Crippen molar-refractivity contribution in [2.75, 3.05) is 7.05 Å². The largest absolute Gasteiger partial charge is 0.392 e. The molecule has 0 aliphatic heterocycles. The van der Waals surface area contributed by atoms with Crippen molar-refractivity contribution >= 4 is 34.7 Å². The van der Waals surface area contributed by atoms with Crippen molar-refractivity contribution in [1.82, 2.24) is 4.90 Å². The van der Waals surface area contributed by atoms with Crippen LogP contribution in [0.3, 0.4) is 0 Å². The fourth-order valence-electron chi connectivity index (χ4n) is 2.54. The Morgan fingerprint density at radius 2 is 1.90 bits per heavy atom. The van der Waals surface area contributed by atoms with Gasteiger partial charge in [0.1, 0.15) is 0 Å². The fraction of sp³-hybridized carbons (Fsp3) is 0.500. The normalized spacial score (nSPS) is 12.8. The van der Waals surface area contributed by atoms with E-state index in [4.69, 9.17) is 29.6 Å². The summed E-state index contributed by atoms with van der Waals surface area (Å²) in [7, 11) is 1.77. The van der Waals surface area contributed by atoms with E-state index in [1.54, 1.807) is 11.9 Å². The Bertz CT molecular complexity index is 529. The van der Waals surface area contributed by atoms with Gasteiger partial charge in [0.25, 0.3) is 0 Å². The highest BCUT2D eigenvalue weighted by molar-refractivity contribution is 7.80. The lowest BCUT2D eigenvalue weighted by molar-refractivity contribution is -0.139. The van der Waals surface area contributed by atoms with Crippen LogP contribution in [0.2, 0.25) is 5.02 Å². The van der Waals surface area contributed by atoms with E-state index in [-0.39, 0.29) is 16.9 Å². The van der Waals surface area contributed by atoms with Crippen molar-refractivity contribution in [3.8, 4) is 0 Å². The summed E-state index contributed by atoms with van der Waals surface area (Å²) in [5.41, 5.74) is 6.00. The molecule has 0 aromatic heterocycles. The van der Waals surface area contributed by atoms with Gasteiger partial charge < -0.3 is 10.6 Å². The first-order valence-corrected chi connectivity index (χ1v) is 7.92. The standard InChI is InChI=1S/C16H23ClN2OS/c1-5-16(6-2,14(18)21)15(20)19(4)11(3)12-9-7-8-10-13(12)17/h7-11H,5-6H2,1-4H3,(H2,18,21). The zero-order valence-corrected chi connectivity index (χ0v) is 14.6. The molecular formula is C16H23ClN2OS. The van der Waals surface area contributed by atoms with Crippen molar-refractivity contribution in [3.63, 3.8) is 0 Å². The number of rotatable bonds is 6. The minimum atomic E-state index is -0.778. The van der Waals surface area contributed by atoms with Crippen LogP contribution in [0.4, 0.5) is 0 Å². The zero-order valence-electron chi connectivity index (χ0n) is 13.0. The molecule has 0 fully saturated rings. The second-order valence-electron chi connectivity index (χ2n) is 5.27. The number of nitrogens with two attached hydrogens (primary N) is 1. The van der Waals surface area contributed by atoms with Crippen molar-refractivity contribution < 1.29 is 4.79 Å². The van der Waals surface area contributed by atoms with Gasteiger partial charge >= 0.3 is 0 Å². The van der Waals surface area contributed by atoms with Gasteiger partial charge in [-0.2, -0.15) is 0 Å². The summed E-state index contributed by atoms with van der Waals surface area (Å²) in [5.74, 6) is -0.0487. The van der Waals surface area contributed by atoms with E-state index >= 15 is 0 Å². The molecule has 3 nitrogen and oxygen atoms in total. The summed E-state index contributed by atoms with van der Waals surface area (Å²) in [5, 5.41) is 0.651. The Balaban J connectivity index is 3.12. The quantitative estimate of drug-likeness (QED) is 0.805. The van der Waals surface area contributed by atoms with Crippen LogP contribution in [0.5, 0.6) is 0 Å². The molecule has 1 unspecified atom stereocenters. The number of thiocarbonyl (C=S) groups is 1. The number of carbonyl (C=O) groups is 1. The van der Waals surface area contributed by atoms with Gasteiger partial charge in [-0.15, -0.1) is 0 Å². The van der Waals surface area contributed by atoms with Gasteiger partial charge in [0.15, 0.2) is 0 Å². The van der Waals surface area contributed by atoms with E-state index < -0.39 is 5.41 Å². The average Bonchev–Trinajstić information content (AvgIpc) is 2.47. The first kappa shape index (κ1) is 17.9. The van der Waals surface area contributed by atoms with E-state index in [9.17, 15) is 4.79 Å². The number of benzene rings is 1. The Morgan fingerprint density at radius 1 is 1.38 bits per heavy atom. The lowest BCUT2D eigenvalue weighted by Gasteiger charge is -2.36. The first-order valence-electron chi connectivity index (χ1n) is 7.13. The molecule has 1 rings (SSSR count). The molecular weight excluding hydrogens is 304 g/mol. The molecule has 5 heteroatoms. The summed E-state index contributed by atoms with van der Waals surface area (Å²) in [6, 6.07) is 7.40. The third-order valence-corrected chi connectivity index (χ3v) is 5.08. The van der Waals surface area contributed by atoms with Crippen LogP contribution in [0.25, 0.3) is 0 Å². The first-order chi connectivity index (χ1) is 9.81. The number of hydrogen-bond donors (Lipinski definition) is 1. The second kappa shape index (κ2) is 7.23. The van der Waals surface area contributed by atoms with E-state index in [0.29, 0.717) is 17.9 Å². The number of halogens is 1. The van der Waals surface area contributed by atoms with Crippen LogP contribution < -0.4 is 5.73 Å². The molecule has 0 bridgehead atoms. The summed E-state index contributed by atoms with van der Waals surface area (Å²) in [4.78, 5) is 14.9. The fourth-order valence-corrected chi connectivity index (χ4v) is 3.21. The molecule has 0 aliphatic carbocycles. The molecule has 1 atom stereocenters. The maximum absolute atomic E-state index is 12.9. The van der Waals surface area contributed by atoms with Gasteiger partial charge in [-0.25, -0.2) is 0 Å². The van der Waals surface area contributed by atoms with Crippen LogP contribution in [0.15, 0.2) is 24.3 Å². The van der Waals surface area contributed by atoms with Gasteiger partial charge in [0.05, 0.1) is 16.4 Å². The van der Waals surface area contributed by atoms with E-state index in [0.717, 1.165) is 5.56 Å².